The molecule has 5 atom stereocenters. The Morgan fingerprint density at radius 3 is 1.44 bits per heavy atom. The number of non-ortho nitro benzene ring substituents is 2. The minimum Gasteiger partial charge on any atom is -0.414 e. The van der Waals surface area contributed by atoms with Crippen molar-refractivity contribution in [1.29, 1.82) is 0 Å². The van der Waals surface area contributed by atoms with E-state index in [0.717, 1.165) is 56.9 Å². The highest BCUT2D eigenvalue weighted by Gasteiger charge is 2.23. The Morgan fingerprint density at radius 2 is 1.02 bits per heavy atom. The van der Waals surface area contributed by atoms with Crippen molar-refractivity contribution in [2.24, 2.45) is 17.4 Å². The fourth-order valence-electron chi connectivity index (χ4n) is 9.44. The van der Waals surface area contributed by atoms with Gasteiger partial charge in [-0.15, -0.1) is 0 Å². The molecule has 5 unspecified atom stereocenters. The number of carbonyl (C=O) groups excluding carboxylic acids is 3. The van der Waals surface area contributed by atoms with Crippen molar-refractivity contribution < 1.29 is 33.7 Å². The molecular weight excluding hydrogens is 1170 g/mol. The topological polar surface area (TPSA) is 230 Å². The van der Waals surface area contributed by atoms with E-state index >= 15 is 0 Å². The summed E-state index contributed by atoms with van der Waals surface area (Å²) in [6, 6.07) is 35.2. The summed E-state index contributed by atoms with van der Waals surface area (Å²) in [5.41, 5.74) is 20.0. The van der Waals surface area contributed by atoms with Crippen LogP contribution in [0.25, 0.3) is 0 Å². The molecule has 7 aromatic rings. The highest BCUT2D eigenvalue weighted by molar-refractivity contribution is 7.08. The molecule has 0 saturated heterocycles. The second kappa shape index (κ2) is 40.6. The number of nitrogens with two attached hydrogens (primary N) is 2. The monoisotopic (exact) mass is 1250 g/mol. The summed E-state index contributed by atoms with van der Waals surface area (Å²) < 4.78 is 9.56. The van der Waals surface area contributed by atoms with Crippen molar-refractivity contribution in [3.8, 4) is 11.5 Å². The number of nitro benzene ring substituents is 2. The van der Waals surface area contributed by atoms with Gasteiger partial charge in [-0.1, -0.05) is 76.2 Å². The Kier molecular flexibility index (Phi) is 34.7. The minimum atomic E-state index is -0.978. The molecule has 0 bridgehead atoms. The first-order valence-electron chi connectivity index (χ1n) is 28.8. The summed E-state index contributed by atoms with van der Waals surface area (Å²) in [6.07, 6.45) is 8.50. The molecule has 0 saturated carbocycles. The number of nitrogens with one attached hydrogen (secondary N) is 1. The van der Waals surface area contributed by atoms with Crippen LogP contribution < -0.4 is 26.3 Å². The lowest BCUT2D eigenvalue weighted by Crippen LogP contribution is -2.35. The fourth-order valence-corrected chi connectivity index (χ4v) is 11.7. The zero-order valence-corrected chi connectivity index (χ0v) is 54.5. The van der Waals surface area contributed by atoms with Crippen LogP contribution in [0.1, 0.15) is 117 Å². The quantitative estimate of drug-likeness (QED) is 0.0412. The predicted molar refractivity (Wildman–Crippen MR) is 353 cm³/mol. The summed E-state index contributed by atoms with van der Waals surface area (Å²) in [7, 11) is 12.2. The summed E-state index contributed by atoms with van der Waals surface area (Å²) >= 11 is 9.97. The number of ketones is 1. The molecule has 0 fully saturated rings. The Morgan fingerprint density at radius 1 is 0.605 bits per heavy atom. The van der Waals surface area contributed by atoms with Gasteiger partial charge in [-0.2, -0.15) is 34.0 Å². The highest BCUT2D eigenvalue weighted by atomic mass is 35.5. The lowest BCUT2D eigenvalue weighted by Gasteiger charge is -2.25. The highest BCUT2D eigenvalue weighted by Crippen LogP contribution is 2.31. The van der Waals surface area contributed by atoms with E-state index in [1.54, 1.807) is 34.0 Å². The van der Waals surface area contributed by atoms with Crippen molar-refractivity contribution in [3.05, 3.63) is 207 Å². The van der Waals surface area contributed by atoms with Crippen LogP contribution in [-0.2, 0) is 30.5 Å². The predicted octanol–water partition coefficient (Wildman–Crippen LogP) is 15.1. The van der Waals surface area contributed by atoms with Crippen molar-refractivity contribution in [1.82, 2.24) is 20.0 Å². The molecule has 0 spiro atoms. The standard InChI is InChI=1S/C21H27NOS.C15H17N3O4S.C10H13N.C8H14N2S.C7H4ClNO4.2C2H6/c1-22(2)21(19-11-12-24-15-19)10-9-20(23)14-16-7-8-17-5-3-4-6-18(17)13-16;1-17(2)14(11-7-8-23-10-11)9-16-15(19)22-13-5-3-12(4-6-13)18(20)21;11-10-6-5-8-3-1-2-4-9(8)7-10;1-10(2)8(5-9)7-3-4-11-6-7;8-7(10)13-6-3-1-5(2-4-6)9(11)12;2*1-2/h3-6,11-12,15-16,21H,7-10,13-14H2,1-2H3;3-8,10,14H,9H2,1-2H3,(H,16,19);1-4,10H,5-7,11H2;3-4,6,8H,5,9H2,1-2H3;1-4H;2*1-2H3. The van der Waals surface area contributed by atoms with Gasteiger partial charge in [-0.3, -0.25) is 25.0 Å². The number of rotatable bonds is 18. The lowest BCUT2D eigenvalue weighted by atomic mass is 9.81. The van der Waals surface area contributed by atoms with E-state index < -0.39 is 21.4 Å². The van der Waals surface area contributed by atoms with Crippen molar-refractivity contribution in [3.63, 3.8) is 0 Å². The van der Waals surface area contributed by atoms with Crippen LogP contribution in [0, 0.1) is 26.1 Å². The number of nitro groups is 2. The summed E-state index contributed by atoms with van der Waals surface area (Å²) in [5, 5.41) is 36.1. The van der Waals surface area contributed by atoms with E-state index in [1.165, 1.54) is 81.9 Å². The minimum absolute atomic E-state index is 0.0469. The van der Waals surface area contributed by atoms with Crippen LogP contribution in [0.4, 0.5) is 21.0 Å². The summed E-state index contributed by atoms with van der Waals surface area (Å²) in [4.78, 5) is 60.7. The number of nitrogens with zero attached hydrogens (tertiary/aromatic N) is 5. The number of Topliss-reactive ketones (excluding diaryl/α,β-unsaturated/α-hetero) is 1. The number of thiophene rings is 3. The Bertz CT molecular complexity index is 3020. The molecule has 2 aliphatic rings. The maximum absolute atomic E-state index is 12.5. The molecule has 9 rings (SSSR count). The number of hydrogen-bond donors (Lipinski definition) is 3. The Labute approximate surface area is 525 Å². The third-order valence-corrected chi connectivity index (χ3v) is 16.0. The van der Waals surface area contributed by atoms with Gasteiger partial charge in [0.1, 0.15) is 17.3 Å². The molecule has 17 nitrogen and oxygen atoms in total. The van der Waals surface area contributed by atoms with Gasteiger partial charge < -0.3 is 41.0 Å². The van der Waals surface area contributed by atoms with Crippen LogP contribution in [0.2, 0.25) is 0 Å². The summed E-state index contributed by atoms with van der Waals surface area (Å²) in [6.45, 7) is 9.08. The van der Waals surface area contributed by atoms with Gasteiger partial charge in [0.05, 0.1) is 15.9 Å². The number of aryl methyl sites for hydroxylation is 2. The zero-order valence-electron chi connectivity index (χ0n) is 51.3. The van der Waals surface area contributed by atoms with E-state index in [0.29, 0.717) is 49.3 Å². The Balaban J connectivity index is 0.000000288. The maximum atomic E-state index is 12.5. The largest absolute Gasteiger partial charge is 0.414 e. The number of carbonyl (C=O) groups is 3. The molecule has 3 aromatic heterocycles. The molecule has 4 aromatic carbocycles. The molecule has 466 valence electrons. The SMILES string of the molecule is CC.CC.CN(C)C(CCC(=O)CC1CCc2ccccc2C1)c1ccsc1.CN(C)C(CN)c1ccsc1.CN(C)C(CNC(=O)Oc1ccc([N+](=O)[O-])cc1)c1ccsc1.NC1CCc2ccccc2C1.O=C(Cl)Oc1ccc([N+](=O)[O-])cc1. The zero-order chi connectivity index (χ0) is 63.6. The lowest BCUT2D eigenvalue weighted by molar-refractivity contribution is -0.385. The fraction of sp³-hybridized carbons (Fsp3) is 0.400. The smallest absolute Gasteiger partial charge is 0.412 e. The van der Waals surface area contributed by atoms with Gasteiger partial charge in [-0.05, 0) is 207 Å². The number of hydrogen-bond acceptors (Lipinski definition) is 17. The first kappa shape index (κ1) is 73.5. The van der Waals surface area contributed by atoms with Gasteiger partial charge in [0.2, 0.25) is 0 Å². The van der Waals surface area contributed by atoms with Gasteiger partial charge in [0.15, 0.2) is 0 Å². The first-order valence-corrected chi connectivity index (χ1v) is 32.0. The first-order chi connectivity index (χ1) is 41.3. The molecule has 21 heteroatoms. The molecule has 5 N–H and O–H groups in total. The molecule has 1 amide bonds. The van der Waals surface area contributed by atoms with Crippen molar-refractivity contribution >= 4 is 74.3 Å². The van der Waals surface area contributed by atoms with Gasteiger partial charge >= 0.3 is 11.5 Å². The second-order valence-electron chi connectivity index (χ2n) is 20.4. The van der Waals surface area contributed by atoms with Crippen LogP contribution >= 0.6 is 45.6 Å². The van der Waals surface area contributed by atoms with E-state index in [1.807, 2.05) is 63.5 Å². The van der Waals surface area contributed by atoms with Crippen molar-refractivity contribution in [2.45, 2.75) is 110 Å². The van der Waals surface area contributed by atoms with Crippen molar-refractivity contribution in [2.75, 3.05) is 55.4 Å². The summed E-state index contributed by atoms with van der Waals surface area (Å²) in [5.74, 6) is 1.39. The Hall–Kier alpha value is -6.72. The van der Waals surface area contributed by atoms with E-state index in [4.69, 9.17) is 27.8 Å². The number of benzene rings is 4. The molecular formula is C65H87ClN8O9S3. The number of ether oxygens (including phenoxy) is 2. The number of halogens is 1. The van der Waals surface area contributed by atoms with E-state index in [2.05, 4.69) is 130 Å². The van der Waals surface area contributed by atoms with Gasteiger partial charge in [0, 0.05) is 79.9 Å². The molecule has 0 aliphatic heterocycles. The molecule has 0 radical (unpaired) electrons. The second-order valence-corrected chi connectivity index (χ2v) is 23.0. The van der Waals surface area contributed by atoms with E-state index in [9.17, 15) is 34.6 Å². The van der Waals surface area contributed by atoms with E-state index in [-0.39, 0.29) is 28.9 Å². The number of fused-ring (bicyclic) bond motifs is 2. The molecule has 2 aliphatic carbocycles. The average molecular weight is 1260 g/mol. The third-order valence-electron chi connectivity index (χ3n) is 13.9. The van der Waals surface area contributed by atoms with Crippen LogP contribution in [0.5, 0.6) is 11.5 Å². The van der Waals surface area contributed by atoms with Gasteiger partial charge in [0.25, 0.3) is 11.4 Å². The van der Waals surface area contributed by atoms with Gasteiger partial charge in [-0.25, -0.2) is 9.59 Å². The maximum Gasteiger partial charge on any atom is 0.412 e. The molecule has 3 heterocycles. The van der Waals surface area contributed by atoms with Crippen LogP contribution in [0.15, 0.2) is 148 Å². The average Bonchev–Trinajstić information content (AvgIpc) is 4.49. The van der Waals surface area contributed by atoms with Crippen LogP contribution in [0.3, 0.4) is 0 Å². The van der Waals surface area contributed by atoms with Crippen LogP contribution in [-0.4, -0.2) is 103 Å². The molecule has 86 heavy (non-hydrogen) atoms. The third kappa shape index (κ3) is 26.5. The number of likely N-dealkylation sites (N-methyl/N-ethyl adjacent to an activating group) is 2. The normalized spacial score (nSPS) is 14.6. The number of amides is 1.